The SMILES string of the molecule is COc1cncc(-c2cccc(-c3cn4cccc(C(=O)N(C)C)c4n3)c2)c1. The largest absolute Gasteiger partial charge is 0.495 e. The first kappa shape index (κ1) is 17.7. The van der Waals surface area contributed by atoms with Crippen molar-refractivity contribution < 1.29 is 9.53 Å². The molecule has 0 N–H and O–H groups in total. The number of hydrogen-bond acceptors (Lipinski definition) is 4. The first-order valence-corrected chi connectivity index (χ1v) is 8.86. The highest BCUT2D eigenvalue weighted by atomic mass is 16.5. The van der Waals surface area contributed by atoms with E-state index >= 15 is 0 Å². The molecule has 3 aromatic heterocycles. The number of ether oxygens (including phenoxy) is 1. The lowest BCUT2D eigenvalue weighted by Crippen LogP contribution is -2.22. The third-order valence-electron chi connectivity index (χ3n) is 4.56. The van der Waals surface area contributed by atoms with Crippen molar-refractivity contribution in [1.82, 2.24) is 19.3 Å². The molecule has 0 aliphatic heterocycles. The standard InChI is InChI=1S/C22H20N4O2/c1-25(2)22(27)19-8-5-9-26-14-20(24-21(19)26)16-7-4-6-15(10-16)17-11-18(28-3)13-23-12-17/h4-14H,1-3H3. The minimum absolute atomic E-state index is 0.0704. The fraction of sp³-hybridized carbons (Fsp3) is 0.136. The Morgan fingerprint density at radius 2 is 1.86 bits per heavy atom. The van der Waals surface area contributed by atoms with Crippen molar-refractivity contribution in [2.24, 2.45) is 0 Å². The molecule has 0 radical (unpaired) electrons. The van der Waals surface area contributed by atoms with Gasteiger partial charge in [0.2, 0.25) is 0 Å². The number of rotatable bonds is 4. The molecule has 4 rings (SSSR count). The number of nitrogens with zero attached hydrogens (tertiary/aromatic N) is 4. The summed E-state index contributed by atoms with van der Waals surface area (Å²) in [6.45, 7) is 0. The van der Waals surface area contributed by atoms with Crippen LogP contribution in [0.3, 0.4) is 0 Å². The second kappa shape index (κ2) is 7.15. The van der Waals surface area contributed by atoms with Crippen LogP contribution in [-0.4, -0.2) is 46.4 Å². The van der Waals surface area contributed by atoms with Gasteiger partial charge in [-0.05, 0) is 29.8 Å². The lowest BCUT2D eigenvalue weighted by atomic mass is 10.0. The van der Waals surface area contributed by atoms with Gasteiger partial charge in [-0.25, -0.2) is 4.98 Å². The zero-order chi connectivity index (χ0) is 19.7. The van der Waals surface area contributed by atoms with Crippen molar-refractivity contribution in [3.8, 4) is 28.1 Å². The van der Waals surface area contributed by atoms with Crippen LogP contribution in [0.2, 0.25) is 0 Å². The number of aromatic nitrogens is 3. The van der Waals surface area contributed by atoms with Crippen LogP contribution < -0.4 is 4.74 Å². The summed E-state index contributed by atoms with van der Waals surface area (Å²) in [5.41, 5.74) is 4.97. The number of carbonyl (C=O) groups is 1. The molecule has 6 nitrogen and oxygen atoms in total. The van der Waals surface area contributed by atoms with E-state index in [1.807, 2.05) is 47.1 Å². The van der Waals surface area contributed by atoms with Gasteiger partial charge in [0.1, 0.15) is 11.4 Å². The van der Waals surface area contributed by atoms with Gasteiger partial charge in [-0.1, -0.05) is 18.2 Å². The fourth-order valence-corrected chi connectivity index (χ4v) is 3.11. The monoisotopic (exact) mass is 372 g/mol. The van der Waals surface area contributed by atoms with E-state index in [0.717, 1.165) is 22.4 Å². The van der Waals surface area contributed by atoms with E-state index in [1.54, 1.807) is 44.6 Å². The summed E-state index contributed by atoms with van der Waals surface area (Å²) in [6, 6.07) is 13.7. The van der Waals surface area contributed by atoms with Crippen molar-refractivity contribution in [3.05, 3.63) is 72.8 Å². The van der Waals surface area contributed by atoms with Gasteiger partial charge < -0.3 is 14.0 Å². The number of methoxy groups -OCH3 is 1. The van der Waals surface area contributed by atoms with E-state index in [1.165, 1.54) is 0 Å². The molecule has 4 aromatic rings. The fourth-order valence-electron chi connectivity index (χ4n) is 3.11. The van der Waals surface area contributed by atoms with Gasteiger partial charge >= 0.3 is 0 Å². The number of benzene rings is 1. The van der Waals surface area contributed by atoms with Gasteiger partial charge in [-0.15, -0.1) is 0 Å². The second-order valence-corrected chi connectivity index (χ2v) is 6.67. The van der Waals surface area contributed by atoms with Crippen molar-refractivity contribution in [2.75, 3.05) is 21.2 Å². The first-order chi connectivity index (χ1) is 13.6. The van der Waals surface area contributed by atoms with E-state index < -0.39 is 0 Å². The van der Waals surface area contributed by atoms with Gasteiger partial charge in [0, 0.05) is 43.8 Å². The summed E-state index contributed by atoms with van der Waals surface area (Å²) in [6.07, 6.45) is 7.32. The predicted molar refractivity (Wildman–Crippen MR) is 108 cm³/mol. The number of carbonyl (C=O) groups excluding carboxylic acids is 1. The predicted octanol–water partition coefficient (Wildman–Crippen LogP) is 3.77. The van der Waals surface area contributed by atoms with Crippen LogP contribution in [0.1, 0.15) is 10.4 Å². The normalized spacial score (nSPS) is 10.8. The topological polar surface area (TPSA) is 59.7 Å². The van der Waals surface area contributed by atoms with Crippen LogP contribution >= 0.6 is 0 Å². The Hall–Kier alpha value is -3.67. The zero-order valence-corrected chi connectivity index (χ0v) is 16.0. The summed E-state index contributed by atoms with van der Waals surface area (Å²) >= 11 is 0. The van der Waals surface area contributed by atoms with E-state index in [-0.39, 0.29) is 5.91 Å². The molecule has 0 unspecified atom stereocenters. The third-order valence-corrected chi connectivity index (χ3v) is 4.56. The van der Waals surface area contributed by atoms with Crippen LogP contribution in [-0.2, 0) is 0 Å². The Labute approximate surface area is 163 Å². The molecular formula is C22H20N4O2. The Morgan fingerprint density at radius 3 is 2.64 bits per heavy atom. The first-order valence-electron chi connectivity index (χ1n) is 8.86. The summed E-state index contributed by atoms with van der Waals surface area (Å²) in [4.78, 5) is 23.0. The summed E-state index contributed by atoms with van der Waals surface area (Å²) < 4.78 is 7.15. The minimum atomic E-state index is -0.0704. The molecule has 3 heterocycles. The van der Waals surface area contributed by atoms with Crippen LogP contribution in [0.4, 0.5) is 0 Å². The summed E-state index contributed by atoms with van der Waals surface area (Å²) in [5.74, 6) is 0.640. The highest BCUT2D eigenvalue weighted by molar-refractivity contribution is 5.99. The van der Waals surface area contributed by atoms with Gasteiger partial charge in [0.15, 0.2) is 0 Å². The zero-order valence-electron chi connectivity index (χ0n) is 16.0. The molecule has 1 amide bonds. The maximum Gasteiger partial charge on any atom is 0.257 e. The van der Waals surface area contributed by atoms with Crippen molar-refractivity contribution in [1.29, 1.82) is 0 Å². The Bertz CT molecular complexity index is 1160. The molecule has 0 aliphatic rings. The van der Waals surface area contributed by atoms with Crippen LogP contribution in [0.5, 0.6) is 5.75 Å². The van der Waals surface area contributed by atoms with E-state index in [0.29, 0.717) is 17.0 Å². The number of fused-ring (bicyclic) bond motifs is 1. The molecule has 0 spiro atoms. The highest BCUT2D eigenvalue weighted by Crippen LogP contribution is 2.28. The maximum absolute atomic E-state index is 12.5. The van der Waals surface area contributed by atoms with Crippen molar-refractivity contribution >= 4 is 11.6 Å². The molecule has 0 saturated heterocycles. The lowest BCUT2D eigenvalue weighted by Gasteiger charge is -2.10. The second-order valence-electron chi connectivity index (χ2n) is 6.67. The van der Waals surface area contributed by atoms with Crippen LogP contribution in [0, 0.1) is 0 Å². The molecule has 0 fully saturated rings. The van der Waals surface area contributed by atoms with Crippen LogP contribution in [0.15, 0.2) is 67.3 Å². The molecule has 0 atom stereocenters. The average molecular weight is 372 g/mol. The highest BCUT2D eigenvalue weighted by Gasteiger charge is 2.15. The maximum atomic E-state index is 12.5. The molecule has 0 aliphatic carbocycles. The molecule has 0 saturated carbocycles. The molecule has 28 heavy (non-hydrogen) atoms. The minimum Gasteiger partial charge on any atom is -0.495 e. The quantitative estimate of drug-likeness (QED) is 0.547. The van der Waals surface area contributed by atoms with Gasteiger partial charge in [0.05, 0.1) is 24.6 Å². The summed E-state index contributed by atoms with van der Waals surface area (Å²) in [7, 11) is 5.10. The molecule has 140 valence electrons. The van der Waals surface area contributed by atoms with Crippen molar-refractivity contribution in [2.45, 2.75) is 0 Å². The molecule has 1 aromatic carbocycles. The lowest BCUT2D eigenvalue weighted by molar-refractivity contribution is 0.0829. The van der Waals surface area contributed by atoms with E-state index in [9.17, 15) is 4.79 Å². The van der Waals surface area contributed by atoms with Gasteiger partial charge in [0.25, 0.3) is 5.91 Å². The molecule has 0 bridgehead atoms. The molecule has 6 heteroatoms. The Morgan fingerprint density at radius 1 is 1.04 bits per heavy atom. The summed E-state index contributed by atoms with van der Waals surface area (Å²) in [5, 5.41) is 0. The van der Waals surface area contributed by atoms with Gasteiger partial charge in [-0.3, -0.25) is 9.78 Å². The number of imidazole rings is 1. The number of hydrogen-bond donors (Lipinski definition) is 0. The average Bonchev–Trinajstić information content (AvgIpc) is 3.18. The van der Waals surface area contributed by atoms with Gasteiger partial charge in [-0.2, -0.15) is 0 Å². The Balaban J connectivity index is 1.78. The van der Waals surface area contributed by atoms with E-state index in [4.69, 9.17) is 9.72 Å². The number of amides is 1. The Kier molecular flexibility index (Phi) is 4.53. The van der Waals surface area contributed by atoms with Crippen LogP contribution in [0.25, 0.3) is 28.0 Å². The third kappa shape index (κ3) is 3.20. The van der Waals surface area contributed by atoms with E-state index in [2.05, 4.69) is 11.1 Å². The number of pyridine rings is 2. The smallest absolute Gasteiger partial charge is 0.257 e. The molecular weight excluding hydrogens is 352 g/mol. The van der Waals surface area contributed by atoms with Crippen molar-refractivity contribution in [3.63, 3.8) is 0 Å².